The Bertz CT molecular complexity index is 636. The van der Waals surface area contributed by atoms with Crippen molar-refractivity contribution in [3.05, 3.63) is 52.5 Å². The van der Waals surface area contributed by atoms with Crippen molar-refractivity contribution in [2.75, 3.05) is 25.6 Å². The number of hydrogen-bond donors (Lipinski definition) is 1. The molecule has 0 saturated carbocycles. The SMILES string of the molecule is COc1ccc(OCCNc2ccc(C#N)cc2Br)cc1. The first-order valence-corrected chi connectivity index (χ1v) is 7.22. The Morgan fingerprint density at radius 1 is 1.14 bits per heavy atom. The molecule has 0 fully saturated rings. The van der Waals surface area contributed by atoms with E-state index in [4.69, 9.17) is 14.7 Å². The van der Waals surface area contributed by atoms with E-state index in [0.717, 1.165) is 21.7 Å². The van der Waals surface area contributed by atoms with Crippen LogP contribution < -0.4 is 14.8 Å². The van der Waals surface area contributed by atoms with Crippen molar-refractivity contribution >= 4 is 21.6 Å². The third-order valence-corrected chi connectivity index (χ3v) is 3.50. The number of nitrogens with zero attached hydrogens (tertiary/aromatic N) is 1. The third kappa shape index (κ3) is 4.40. The summed E-state index contributed by atoms with van der Waals surface area (Å²) in [7, 11) is 1.63. The maximum absolute atomic E-state index is 8.81. The van der Waals surface area contributed by atoms with Gasteiger partial charge in [-0.25, -0.2) is 0 Å². The van der Waals surface area contributed by atoms with Gasteiger partial charge in [0.05, 0.1) is 18.7 Å². The summed E-state index contributed by atoms with van der Waals surface area (Å²) < 4.78 is 11.6. The lowest BCUT2D eigenvalue weighted by atomic mass is 10.2. The van der Waals surface area contributed by atoms with E-state index in [1.54, 1.807) is 19.2 Å². The molecule has 21 heavy (non-hydrogen) atoms. The van der Waals surface area contributed by atoms with Gasteiger partial charge in [0.1, 0.15) is 18.1 Å². The van der Waals surface area contributed by atoms with Crippen LogP contribution in [0.15, 0.2) is 46.9 Å². The van der Waals surface area contributed by atoms with E-state index in [0.29, 0.717) is 18.7 Å². The van der Waals surface area contributed by atoms with Gasteiger partial charge in [0.2, 0.25) is 0 Å². The first-order valence-electron chi connectivity index (χ1n) is 6.43. The monoisotopic (exact) mass is 346 g/mol. The summed E-state index contributed by atoms with van der Waals surface area (Å²) >= 11 is 3.43. The van der Waals surface area contributed by atoms with Crippen LogP contribution in [0, 0.1) is 11.3 Å². The molecule has 0 heterocycles. The molecule has 0 bridgehead atoms. The van der Waals surface area contributed by atoms with Crippen LogP contribution in [0.1, 0.15) is 5.56 Å². The Morgan fingerprint density at radius 3 is 2.48 bits per heavy atom. The third-order valence-electron chi connectivity index (χ3n) is 2.84. The van der Waals surface area contributed by atoms with Gasteiger partial charge in [-0.05, 0) is 58.4 Å². The molecule has 2 rings (SSSR count). The van der Waals surface area contributed by atoms with Gasteiger partial charge in [0.15, 0.2) is 0 Å². The predicted octanol–water partition coefficient (Wildman–Crippen LogP) is 3.82. The Balaban J connectivity index is 1.80. The molecule has 0 radical (unpaired) electrons. The number of ether oxygens (including phenoxy) is 2. The summed E-state index contributed by atoms with van der Waals surface area (Å²) in [5, 5.41) is 12.1. The zero-order chi connectivity index (χ0) is 15.1. The number of nitriles is 1. The second-order valence-electron chi connectivity index (χ2n) is 4.26. The lowest BCUT2D eigenvalue weighted by molar-refractivity contribution is 0.331. The van der Waals surface area contributed by atoms with Crippen LogP contribution in [-0.4, -0.2) is 20.3 Å². The largest absolute Gasteiger partial charge is 0.497 e. The van der Waals surface area contributed by atoms with E-state index in [9.17, 15) is 0 Å². The molecule has 108 valence electrons. The highest BCUT2D eigenvalue weighted by molar-refractivity contribution is 9.10. The minimum absolute atomic E-state index is 0.540. The van der Waals surface area contributed by atoms with Gasteiger partial charge in [0, 0.05) is 16.7 Å². The van der Waals surface area contributed by atoms with E-state index < -0.39 is 0 Å². The van der Waals surface area contributed by atoms with Crippen molar-refractivity contribution in [2.45, 2.75) is 0 Å². The molecule has 2 aromatic rings. The Kier molecular flexibility index (Phi) is 5.47. The molecule has 4 nitrogen and oxygen atoms in total. The second kappa shape index (κ2) is 7.55. The van der Waals surface area contributed by atoms with Crippen LogP contribution in [0.4, 0.5) is 5.69 Å². The zero-order valence-corrected chi connectivity index (χ0v) is 13.2. The highest BCUT2D eigenvalue weighted by Crippen LogP contribution is 2.23. The highest BCUT2D eigenvalue weighted by Gasteiger charge is 2.01. The topological polar surface area (TPSA) is 54.3 Å². The van der Waals surface area contributed by atoms with Crippen molar-refractivity contribution in [3.63, 3.8) is 0 Å². The normalized spacial score (nSPS) is 9.76. The lowest BCUT2D eigenvalue weighted by Gasteiger charge is -2.10. The summed E-state index contributed by atoms with van der Waals surface area (Å²) in [5.74, 6) is 1.61. The van der Waals surface area contributed by atoms with E-state index in [-0.39, 0.29) is 0 Å². The van der Waals surface area contributed by atoms with Crippen molar-refractivity contribution in [1.82, 2.24) is 0 Å². The van der Waals surface area contributed by atoms with Crippen LogP contribution in [0.25, 0.3) is 0 Å². The van der Waals surface area contributed by atoms with Crippen molar-refractivity contribution in [2.24, 2.45) is 0 Å². The lowest BCUT2D eigenvalue weighted by Crippen LogP contribution is -2.11. The number of methoxy groups -OCH3 is 1. The Labute approximate surface area is 132 Å². The van der Waals surface area contributed by atoms with Gasteiger partial charge in [0.25, 0.3) is 0 Å². The molecule has 0 saturated heterocycles. The van der Waals surface area contributed by atoms with Crippen LogP contribution in [0.2, 0.25) is 0 Å². The predicted molar refractivity (Wildman–Crippen MR) is 85.8 cm³/mol. The van der Waals surface area contributed by atoms with Crippen molar-refractivity contribution in [1.29, 1.82) is 5.26 Å². The minimum atomic E-state index is 0.540. The van der Waals surface area contributed by atoms with Crippen LogP contribution in [0.3, 0.4) is 0 Å². The average Bonchev–Trinajstić information content (AvgIpc) is 2.53. The maximum atomic E-state index is 8.81. The first kappa shape index (κ1) is 15.2. The summed E-state index contributed by atoms with van der Waals surface area (Å²) in [6.45, 7) is 1.20. The standard InChI is InChI=1S/C16H15BrN2O2/c1-20-13-3-5-14(6-4-13)21-9-8-19-16-7-2-12(11-18)10-15(16)17/h2-7,10,19H,8-9H2,1H3. The van der Waals surface area contributed by atoms with Gasteiger partial charge in [-0.2, -0.15) is 5.26 Å². The molecule has 0 atom stereocenters. The van der Waals surface area contributed by atoms with Gasteiger partial charge >= 0.3 is 0 Å². The molecule has 0 aromatic heterocycles. The van der Waals surface area contributed by atoms with Crippen molar-refractivity contribution < 1.29 is 9.47 Å². The molecule has 5 heteroatoms. The smallest absolute Gasteiger partial charge is 0.119 e. The molecule has 1 N–H and O–H groups in total. The van der Waals surface area contributed by atoms with Crippen molar-refractivity contribution in [3.8, 4) is 17.6 Å². The Hall–Kier alpha value is -2.19. The first-order chi connectivity index (χ1) is 10.2. The fraction of sp³-hybridized carbons (Fsp3) is 0.188. The summed E-state index contributed by atoms with van der Waals surface area (Å²) in [6.07, 6.45) is 0. The summed E-state index contributed by atoms with van der Waals surface area (Å²) in [6, 6.07) is 15.0. The van der Waals surface area contributed by atoms with E-state index in [1.807, 2.05) is 30.3 Å². The number of rotatable bonds is 6. The highest BCUT2D eigenvalue weighted by atomic mass is 79.9. The van der Waals surface area contributed by atoms with Crippen LogP contribution in [0.5, 0.6) is 11.5 Å². The van der Waals surface area contributed by atoms with E-state index in [1.165, 1.54) is 0 Å². The molecular formula is C16H15BrN2O2. The number of nitrogens with one attached hydrogen (secondary N) is 1. The molecule has 0 unspecified atom stereocenters. The summed E-state index contributed by atoms with van der Waals surface area (Å²) in [5.41, 5.74) is 1.56. The maximum Gasteiger partial charge on any atom is 0.119 e. The fourth-order valence-corrected chi connectivity index (χ4v) is 2.27. The van der Waals surface area contributed by atoms with Gasteiger partial charge < -0.3 is 14.8 Å². The Morgan fingerprint density at radius 2 is 1.86 bits per heavy atom. The average molecular weight is 347 g/mol. The molecule has 0 amide bonds. The molecule has 0 spiro atoms. The number of halogens is 1. The second-order valence-corrected chi connectivity index (χ2v) is 5.11. The molecule has 0 aliphatic rings. The van der Waals surface area contributed by atoms with Gasteiger partial charge in [-0.3, -0.25) is 0 Å². The molecule has 0 aliphatic carbocycles. The molecular weight excluding hydrogens is 332 g/mol. The molecule has 0 aliphatic heterocycles. The van der Waals surface area contributed by atoms with E-state index in [2.05, 4.69) is 27.3 Å². The van der Waals surface area contributed by atoms with Gasteiger partial charge in [-0.1, -0.05) is 0 Å². The fourth-order valence-electron chi connectivity index (χ4n) is 1.75. The zero-order valence-electron chi connectivity index (χ0n) is 11.6. The van der Waals surface area contributed by atoms with E-state index >= 15 is 0 Å². The van der Waals surface area contributed by atoms with Crippen LogP contribution in [-0.2, 0) is 0 Å². The van der Waals surface area contributed by atoms with Gasteiger partial charge in [-0.15, -0.1) is 0 Å². The number of anilines is 1. The molecule has 2 aromatic carbocycles. The number of benzene rings is 2. The number of hydrogen-bond acceptors (Lipinski definition) is 4. The van der Waals surface area contributed by atoms with Crippen LogP contribution >= 0.6 is 15.9 Å². The quantitative estimate of drug-likeness (QED) is 0.807. The minimum Gasteiger partial charge on any atom is -0.497 e. The summed E-state index contributed by atoms with van der Waals surface area (Å²) in [4.78, 5) is 0.